The van der Waals surface area contributed by atoms with Gasteiger partial charge in [-0.2, -0.15) is 5.48 Å². The van der Waals surface area contributed by atoms with Gasteiger partial charge in [0.1, 0.15) is 6.23 Å². The minimum Gasteiger partial charge on any atom is -0.333 e. The van der Waals surface area contributed by atoms with E-state index in [4.69, 9.17) is 15.3 Å². The molecule has 0 aromatic heterocycles. The van der Waals surface area contributed by atoms with Crippen LogP contribution in [0.15, 0.2) is 0 Å². The fourth-order valence-electron chi connectivity index (χ4n) is 0.623. The lowest BCUT2D eigenvalue weighted by Gasteiger charge is -2.18. The fraction of sp³-hybridized carbons (Fsp3) is 1.00. The topological polar surface area (TPSA) is 56.5 Å². The molecule has 0 fully saturated rings. The van der Waals surface area contributed by atoms with Gasteiger partial charge >= 0.3 is 0 Å². The zero-order valence-corrected chi connectivity index (χ0v) is 7.46. The Hall–Kier alpha value is -0.160. The third-order valence-corrected chi connectivity index (χ3v) is 1.06. The molecule has 0 saturated carbocycles. The average Bonchev–Trinajstić information content (AvgIpc) is 1.97. The normalized spacial score (nSPS) is 16.4. The van der Waals surface area contributed by atoms with Gasteiger partial charge in [0.05, 0.1) is 0 Å². The van der Waals surface area contributed by atoms with Crippen LogP contribution in [-0.4, -0.2) is 19.1 Å². The predicted octanol–water partition coefficient (Wildman–Crippen LogP) is 0.585. The van der Waals surface area contributed by atoms with Crippen LogP contribution in [0, 0.1) is 0 Å². The molecule has 0 amide bonds. The monoisotopic (exact) mass is 162 g/mol. The fourth-order valence-corrected chi connectivity index (χ4v) is 0.623. The van der Waals surface area contributed by atoms with Crippen LogP contribution >= 0.6 is 0 Å². The van der Waals surface area contributed by atoms with Crippen LogP contribution in [0.1, 0.15) is 27.2 Å². The number of hydrogen-bond acceptors (Lipinski definition) is 4. The summed E-state index contributed by atoms with van der Waals surface area (Å²) >= 11 is 0. The molecule has 0 aromatic carbocycles. The molecule has 0 spiro atoms. The number of nitrogens with one attached hydrogen (secondary N) is 1. The average molecular weight is 162 g/mol. The molecule has 0 aliphatic heterocycles. The molecule has 0 rings (SSSR count). The first-order valence-corrected chi connectivity index (χ1v) is 4.00. The van der Waals surface area contributed by atoms with Crippen molar-refractivity contribution in [1.82, 2.24) is 5.48 Å². The van der Waals surface area contributed by atoms with Crippen molar-refractivity contribution in [3.8, 4) is 0 Å². The van der Waals surface area contributed by atoms with E-state index >= 15 is 0 Å². The molecule has 0 aliphatic rings. The van der Waals surface area contributed by atoms with Crippen LogP contribution in [0.5, 0.6) is 0 Å². The van der Waals surface area contributed by atoms with E-state index in [1.54, 1.807) is 6.92 Å². The van der Waals surface area contributed by atoms with Gasteiger partial charge in [0, 0.05) is 6.54 Å². The van der Waals surface area contributed by atoms with E-state index in [-0.39, 0.29) is 12.5 Å². The Morgan fingerprint density at radius 1 is 1.45 bits per heavy atom. The summed E-state index contributed by atoms with van der Waals surface area (Å²) < 4.78 is 5.19. The molecule has 0 aromatic rings. The zero-order valence-electron chi connectivity index (χ0n) is 7.46. The second-order valence-electron chi connectivity index (χ2n) is 2.29. The lowest BCUT2D eigenvalue weighted by molar-refractivity contribution is -0.198. The van der Waals surface area contributed by atoms with Crippen molar-refractivity contribution in [3.63, 3.8) is 0 Å². The first-order chi connectivity index (χ1) is 5.20. The number of hydrogen-bond donors (Lipinski definition) is 2. The SMILES string of the molecule is CCNOC(CC)OC(C)N. The Bertz CT molecular complexity index is 88.5. The van der Waals surface area contributed by atoms with Crippen molar-refractivity contribution in [2.24, 2.45) is 5.73 Å². The van der Waals surface area contributed by atoms with Crippen molar-refractivity contribution < 1.29 is 9.57 Å². The molecular formula is C7H18N2O2. The van der Waals surface area contributed by atoms with E-state index in [2.05, 4.69) is 5.48 Å². The summed E-state index contributed by atoms with van der Waals surface area (Å²) in [4.78, 5) is 5.10. The van der Waals surface area contributed by atoms with Crippen molar-refractivity contribution >= 4 is 0 Å². The second kappa shape index (κ2) is 6.54. The maximum absolute atomic E-state index is 5.41. The number of rotatable bonds is 6. The van der Waals surface area contributed by atoms with Crippen molar-refractivity contribution in [2.45, 2.75) is 39.7 Å². The summed E-state index contributed by atoms with van der Waals surface area (Å²) in [6.07, 6.45) is 0.266. The summed E-state index contributed by atoms with van der Waals surface area (Å²) in [5.74, 6) is 0. The Kier molecular flexibility index (Phi) is 6.45. The lowest BCUT2D eigenvalue weighted by Crippen LogP contribution is -2.32. The van der Waals surface area contributed by atoms with Crippen LogP contribution in [-0.2, 0) is 9.57 Å². The smallest absolute Gasteiger partial charge is 0.178 e. The zero-order chi connectivity index (χ0) is 8.69. The molecule has 2 atom stereocenters. The maximum atomic E-state index is 5.41. The van der Waals surface area contributed by atoms with Gasteiger partial charge in [-0.25, -0.2) is 0 Å². The van der Waals surface area contributed by atoms with Crippen molar-refractivity contribution in [1.29, 1.82) is 0 Å². The minimum absolute atomic E-state index is 0.241. The second-order valence-corrected chi connectivity index (χ2v) is 2.29. The van der Waals surface area contributed by atoms with Crippen LogP contribution in [0.3, 0.4) is 0 Å². The number of hydroxylamine groups is 1. The molecule has 0 saturated heterocycles. The highest BCUT2D eigenvalue weighted by Gasteiger charge is 2.07. The molecule has 2 unspecified atom stereocenters. The third-order valence-electron chi connectivity index (χ3n) is 1.06. The summed E-state index contributed by atoms with van der Waals surface area (Å²) in [5, 5.41) is 0. The van der Waals surface area contributed by atoms with E-state index in [9.17, 15) is 0 Å². The number of ether oxygens (including phenoxy) is 1. The molecule has 11 heavy (non-hydrogen) atoms. The van der Waals surface area contributed by atoms with Gasteiger partial charge in [0.25, 0.3) is 0 Å². The van der Waals surface area contributed by atoms with Crippen LogP contribution in [0.4, 0.5) is 0 Å². The Balaban J connectivity index is 3.41. The van der Waals surface area contributed by atoms with Gasteiger partial charge in [-0.1, -0.05) is 13.8 Å². The Morgan fingerprint density at radius 2 is 2.09 bits per heavy atom. The van der Waals surface area contributed by atoms with Gasteiger partial charge in [-0.15, -0.1) is 0 Å². The molecule has 68 valence electrons. The lowest BCUT2D eigenvalue weighted by atomic mass is 10.5. The molecule has 0 bridgehead atoms. The van der Waals surface area contributed by atoms with Gasteiger partial charge in [0.2, 0.25) is 0 Å². The van der Waals surface area contributed by atoms with Gasteiger partial charge in [-0.3, -0.25) is 4.84 Å². The van der Waals surface area contributed by atoms with Crippen LogP contribution in [0.2, 0.25) is 0 Å². The quantitative estimate of drug-likeness (QED) is 0.443. The Labute approximate surface area is 68.0 Å². The van der Waals surface area contributed by atoms with E-state index < -0.39 is 0 Å². The largest absolute Gasteiger partial charge is 0.333 e. The standard InChI is InChI=1S/C7H18N2O2/c1-4-7(10-6(3)8)11-9-5-2/h6-7,9H,4-5,8H2,1-3H3. The summed E-state index contributed by atoms with van der Waals surface area (Å²) in [6.45, 7) is 6.47. The van der Waals surface area contributed by atoms with E-state index in [0.717, 1.165) is 13.0 Å². The highest BCUT2D eigenvalue weighted by molar-refractivity contribution is 4.40. The first kappa shape index (κ1) is 10.8. The summed E-state index contributed by atoms with van der Waals surface area (Å²) in [6, 6.07) is 0. The molecule has 4 nitrogen and oxygen atoms in total. The molecular weight excluding hydrogens is 144 g/mol. The van der Waals surface area contributed by atoms with E-state index in [0.29, 0.717) is 0 Å². The molecule has 0 radical (unpaired) electrons. The highest BCUT2D eigenvalue weighted by atomic mass is 16.8. The minimum atomic E-state index is -0.279. The Morgan fingerprint density at radius 3 is 2.45 bits per heavy atom. The summed E-state index contributed by atoms with van der Waals surface area (Å²) in [7, 11) is 0. The van der Waals surface area contributed by atoms with E-state index in [1.165, 1.54) is 0 Å². The van der Waals surface area contributed by atoms with E-state index in [1.807, 2.05) is 13.8 Å². The third kappa shape index (κ3) is 6.25. The van der Waals surface area contributed by atoms with Gasteiger partial charge < -0.3 is 10.5 Å². The first-order valence-electron chi connectivity index (χ1n) is 4.00. The van der Waals surface area contributed by atoms with Crippen molar-refractivity contribution in [3.05, 3.63) is 0 Å². The summed E-state index contributed by atoms with van der Waals surface area (Å²) in [5.41, 5.74) is 8.13. The van der Waals surface area contributed by atoms with Gasteiger partial charge in [-0.05, 0) is 13.3 Å². The molecule has 3 N–H and O–H groups in total. The maximum Gasteiger partial charge on any atom is 0.178 e. The van der Waals surface area contributed by atoms with Crippen LogP contribution < -0.4 is 11.2 Å². The number of nitrogens with two attached hydrogens (primary N) is 1. The van der Waals surface area contributed by atoms with Gasteiger partial charge in [0.15, 0.2) is 6.29 Å². The molecule has 0 heterocycles. The predicted molar refractivity (Wildman–Crippen MR) is 43.6 cm³/mol. The highest BCUT2D eigenvalue weighted by Crippen LogP contribution is 1.99. The van der Waals surface area contributed by atoms with Crippen molar-refractivity contribution in [2.75, 3.05) is 6.54 Å². The molecule has 4 heteroatoms. The van der Waals surface area contributed by atoms with Crippen LogP contribution in [0.25, 0.3) is 0 Å². The molecule has 0 aliphatic carbocycles.